The van der Waals surface area contributed by atoms with Gasteiger partial charge in [0, 0.05) is 34.7 Å². The van der Waals surface area contributed by atoms with Gasteiger partial charge in [-0.25, -0.2) is 0 Å². The van der Waals surface area contributed by atoms with Gasteiger partial charge in [-0.3, -0.25) is 9.59 Å². The number of thioether (sulfide) groups is 1. The van der Waals surface area contributed by atoms with Gasteiger partial charge in [-0.15, -0.1) is 11.8 Å². The number of aliphatic hydroxyl groups is 1. The van der Waals surface area contributed by atoms with Gasteiger partial charge >= 0.3 is 0 Å². The van der Waals surface area contributed by atoms with E-state index >= 15 is 0 Å². The predicted octanol–water partition coefficient (Wildman–Crippen LogP) is 3.11. The van der Waals surface area contributed by atoms with Crippen LogP contribution in [0.3, 0.4) is 0 Å². The Hall–Kier alpha value is -2.51. The number of rotatable bonds is 10. The van der Waals surface area contributed by atoms with E-state index in [1.54, 1.807) is 19.1 Å². The quantitative estimate of drug-likeness (QED) is 0.434. The number of nitrogens with one attached hydrogen (secondary N) is 2. The lowest BCUT2D eigenvalue weighted by molar-refractivity contribution is -0.122. The summed E-state index contributed by atoms with van der Waals surface area (Å²) in [6.07, 6.45) is -0.579. The molecule has 2 rings (SSSR count). The molecule has 2 aromatic carbocycles. The second-order valence-corrected chi connectivity index (χ2v) is 8.72. The number of carbonyl (C=O) groups is 2. The molecule has 1 unspecified atom stereocenters. The van der Waals surface area contributed by atoms with E-state index in [9.17, 15) is 19.8 Å². The van der Waals surface area contributed by atoms with Gasteiger partial charge in [0.05, 0.1) is 12.1 Å². The third-order valence-electron chi connectivity index (χ3n) is 4.61. The van der Waals surface area contributed by atoms with Crippen molar-refractivity contribution in [1.82, 2.24) is 10.6 Å². The molecule has 2 amide bonds. The lowest BCUT2D eigenvalue weighted by Crippen LogP contribution is -2.50. The Morgan fingerprint density at radius 2 is 1.77 bits per heavy atom. The third kappa shape index (κ3) is 7.39. The average molecular weight is 431 g/mol. The van der Waals surface area contributed by atoms with Crippen molar-refractivity contribution in [3.05, 3.63) is 59.7 Å². The SMILES string of the molecule is Cc1c(O)cccc1C(=O)N[C@@H](CSc1ccccc1)C(O)CNC(=O)CC(C)C. The molecule has 0 aromatic heterocycles. The zero-order valence-corrected chi connectivity index (χ0v) is 18.4. The first-order valence-corrected chi connectivity index (χ1v) is 11.0. The summed E-state index contributed by atoms with van der Waals surface area (Å²) in [6, 6.07) is 13.9. The maximum atomic E-state index is 12.8. The fourth-order valence-electron chi connectivity index (χ4n) is 2.87. The summed E-state index contributed by atoms with van der Waals surface area (Å²) >= 11 is 1.51. The number of amides is 2. The van der Waals surface area contributed by atoms with Crippen LogP contribution in [0.2, 0.25) is 0 Å². The molecule has 0 aliphatic heterocycles. The number of phenolic OH excluding ortho intramolecular Hbond substituents is 1. The zero-order valence-electron chi connectivity index (χ0n) is 17.6. The lowest BCUT2D eigenvalue weighted by Gasteiger charge is -2.25. The minimum absolute atomic E-state index is 0.0411. The Morgan fingerprint density at radius 3 is 2.43 bits per heavy atom. The van der Waals surface area contributed by atoms with Crippen molar-refractivity contribution in [2.45, 2.75) is 44.2 Å². The minimum Gasteiger partial charge on any atom is -0.508 e. The Labute approximate surface area is 182 Å². The molecule has 0 saturated heterocycles. The van der Waals surface area contributed by atoms with Crippen molar-refractivity contribution in [2.75, 3.05) is 12.3 Å². The Kier molecular flexibility index (Phi) is 9.20. The fraction of sp³-hybridized carbons (Fsp3) is 0.391. The minimum atomic E-state index is -0.959. The highest BCUT2D eigenvalue weighted by Crippen LogP contribution is 2.21. The summed E-state index contributed by atoms with van der Waals surface area (Å²) in [5.74, 6) is 0.178. The highest BCUT2D eigenvalue weighted by Gasteiger charge is 2.24. The molecule has 2 atom stereocenters. The summed E-state index contributed by atoms with van der Waals surface area (Å²) in [4.78, 5) is 25.8. The zero-order chi connectivity index (χ0) is 22.1. The molecular formula is C23H30N2O4S. The molecule has 0 aliphatic rings. The summed E-state index contributed by atoms with van der Waals surface area (Å²) in [5.41, 5.74) is 0.824. The molecule has 0 saturated carbocycles. The van der Waals surface area contributed by atoms with Crippen molar-refractivity contribution in [2.24, 2.45) is 5.92 Å². The van der Waals surface area contributed by atoms with E-state index in [1.165, 1.54) is 17.8 Å². The number of phenols is 1. The summed E-state index contributed by atoms with van der Waals surface area (Å²) < 4.78 is 0. The van der Waals surface area contributed by atoms with E-state index < -0.39 is 12.1 Å². The normalized spacial score (nSPS) is 13.0. The first-order valence-electron chi connectivity index (χ1n) is 10.00. The van der Waals surface area contributed by atoms with Crippen LogP contribution in [-0.4, -0.2) is 46.5 Å². The average Bonchev–Trinajstić information content (AvgIpc) is 2.71. The van der Waals surface area contributed by atoms with E-state index in [1.807, 2.05) is 44.2 Å². The van der Waals surface area contributed by atoms with Crippen molar-refractivity contribution < 1.29 is 19.8 Å². The van der Waals surface area contributed by atoms with Gasteiger partial charge < -0.3 is 20.8 Å². The van der Waals surface area contributed by atoms with Crippen molar-refractivity contribution in [3.8, 4) is 5.75 Å². The Bertz CT molecular complexity index is 842. The second-order valence-electron chi connectivity index (χ2n) is 7.62. The first-order chi connectivity index (χ1) is 14.3. The van der Waals surface area contributed by atoms with Gasteiger partial charge in [0.2, 0.25) is 5.91 Å². The third-order valence-corrected chi connectivity index (χ3v) is 5.74. The van der Waals surface area contributed by atoms with Crippen LogP contribution in [0.15, 0.2) is 53.4 Å². The van der Waals surface area contributed by atoms with Crippen LogP contribution in [0.25, 0.3) is 0 Å². The topological polar surface area (TPSA) is 98.7 Å². The lowest BCUT2D eigenvalue weighted by atomic mass is 10.1. The molecule has 2 aromatic rings. The number of hydrogen-bond acceptors (Lipinski definition) is 5. The van der Waals surface area contributed by atoms with E-state index in [0.717, 1.165) is 4.90 Å². The van der Waals surface area contributed by atoms with Gasteiger partial charge in [-0.1, -0.05) is 38.1 Å². The van der Waals surface area contributed by atoms with Crippen LogP contribution in [0, 0.1) is 12.8 Å². The van der Waals surface area contributed by atoms with Crippen LogP contribution in [0.1, 0.15) is 36.2 Å². The molecule has 0 fully saturated rings. The van der Waals surface area contributed by atoms with Crippen molar-refractivity contribution in [3.63, 3.8) is 0 Å². The van der Waals surface area contributed by atoms with Crippen molar-refractivity contribution >= 4 is 23.6 Å². The fourth-order valence-corrected chi connectivity index (χ4v) is 3.90. The predicted molar refractivity (Wildman–Crippen MR) is 120 cm³/mol. The van der Waals surface area contributed by atoms with Gasteiger partial charge in [-0.2, -0.15) is 0 Å². The van der Waals surface area contributed by atoms with Crippen LogP contribution in [0.4, 0.5) is 0 Å². The maximum Gasteiger partial charge on any atom is 0.252 e. The molecule has 4 N–H and O–H groups in total. The molecule has 7 heteroatoms. The van der Waals surface area contributed by atoms with E-state index in [-0.39, 0.29) is 30.0 Å². The molecule has 162 valence electrons. The van der Waals surface area contributed by atoms with Gasteiger partial charge in [0.1, 0.15) is 5.75 Å². The van der Waals surface area contributed by atoms with Crippen molar-refractivity contribution in [1.29, 1.82) is 0 Å². The highest BCUT2D eigenvalue weighted by atomic mass is 32.2. The van der Waals surface area contributed by atoms with Crippen LogP contribution in [0.5, 0.6) is 5.75 Å². The standard InChI is InChI=1S/C23H30N2O4S/c1-15(2)12-22(28)24-13-21(27)19(14-30-17-8-5-4-6-9-17)25-23(29)18-10-7-11-20(26)16(18)3/h4-11,15,19,21,26-27H,12-14H2,1-3H3,(H,24,28)(H,25,29)/t19-,21?/m0/s1. The van der Waals surface area contributed by atoms with E-state index in [2.05, 4.69) is 10.6 Å². The number of benzene rings is 2. The maximum absolute atomic E-state index is 12.8. The number of aromatic hydroxyl groups is 1. The van der Waals surface area contributed by atoms with Gasteiger partial charge in [0.25, 0.3) is 5.91 Å². The molecule has 30 heavy (non-hydrogen) atoms. The second kappa shape index (κ2) is 11.6. The van der Waals surface area contributed by atoms with Crippen LogP contribution >= 0.6 is 11.8 Å². The van der Waals surface area contributed by atoms with Gasteiger partial charge in [-0.05, 0) is 37.1 Å². The molecule has 0 bridgehead atoms. The van der Waals surface area contributed by atoms with E-state index in [0.29, 0.717) is 23.3 Å². The number of carbonyl (C=O) groups excluding carboxylic acids is 2. The molecular weight excluding hydrogens is 400 g/mol. The molecule has 0 heterocycles. The Morgan fingerprint density at radius 1 is 1.07 bits per heavy atom. The Balaban J connectivity index is 2.08. The summed E-state index contributed by atoms with van der Waals surface area (Å²) in [7, 11) is 0. The van der Waals surface area contributed by atoms with Crippen LogP contribution in [-0.2, 0) is 4.79 Å². The number of aliphatic hydroxyl groups excluding tert-OH is 1. The largest absolute Gasteiger partial charge is 0.508 e. The highest BCUT2D eigenvalue weighted by molar-refractivity contribution is 7.99. The van der Waals surface area contributed by atoms with Gasteiger partial charge in [0.15, 0.2) is 0 Å². The first kappa shape index (κ1) is 23.8. The smallest absolute Gasteiger partial charge is 0.252 e. The number of hydrogen-bond donors (Lipinski definition) is 4. The van der Waals surface area contributed by atoms with Crippen LogP contribution < -0.4 is 10.6 Å². The summed E-state index contributed by atoms with van der Waals surface area (Å²) in [6.45, 7) is 5.62. The molecule has 0 aliphatic carbocycles. The molecule has 6 nitrogen and oxygen atoms in total. The summed E-state index contributed by atoms with van der Waals surface area (Å²) in [5, 5.41) is 26.2. The molecule has 0 radical (unpaired) electrons. The monoisotopic (exact) mass is 430 g/mol. The molecule has 0 spiro atoms. The van der Waals surface area contributed by atoms with E-state index in [4.69, 9.17) is 0 Å².